The summed E-state index contributed by atoms with van der Waals surface area (Å²) in [4.78, 5) is 12.9. The largest absolute Gasteiger partial charge is 0.393 e. The third kappa shape index (κ3) is 2.71. The van der Waals surface area contributed by atoms with Crippen molar-refractivity contribution in [2.75, 3.05) is 0 Å². The zero-order chi connectivity index (χ0) is 23.5. The van der Waals surface area contributed by atoms with E-state index < -0.39 is 5.41 Å². The minimum Gasteiger partial charge on any atom is -0.393 e. The van der Waals surface area contributed by atoms with Gasteiger partial charge in [0.15, 0.2) is 0 Å². The molecule has 5 rings (SSSR count). The Morgan fingerprint density at radius 1 is 0.875 bits per heavy atom. The number of ketones is 1. The second-order valence-corrected chi connectivity index (χ2v) is 15.2. The molecule has 0 aromatic carbocycles. The van der Waals surface area contributed by atoms with Crippen molar-refractivity contribution in [1.29, 1.82) is 0 Å². The molecule has 0 heterocycles. The summed E-state index contributed by atoms with van der Waals surface area (Å²) in [5.74, 6) is 1.68. The molecular formula is C30H48O2. The van der Waals surface area contributed by atoms with Crippen LogP contribution in [0.25, 0.3) is 0 Å². The number of rotatable bonds is 0. The molecule has 0 aromatic rings. The van der Waals surface area contributed by atoms with Crippen LogP contribution in [0.5, 0.6) is 0 Å². The number of hydrogen-bond acceptors (Lipinski definition) is 2. The number of hydrogen-bond donors (Lipinski definition) is 1. The van der Waals surface area contributed by atoms with Gasteiger partial charge in [-0.25, -0.2) is 0 Å². The SMILES string of the molecule is CC1(C)CC[C@]2(C)CC[C@]3(C)C(=CC[C@@H]4[C@@]5(C)CCC(=O)C(C)(C)[C@@H]5[C@H](O)C[C@]43C)[C@@H]2C1. The highest BCUT2D eigenvalue weighted by molar-refractivity contribution is 5.85. The molecule has 0 saturated heterocycles. The number of aliphatic hydroxyl groups excluding tert-OH is 1. The Balaban J connectivity index is 1.61. The van der Waals surface area contributed by atoms with Crippen LogP contribution >= 0.6 is 0 Å². The molecule has 0 aromatic heterocycles. The van der Waals surface area contributed by atoms with Crippen molar-refractivity contribution >= 4 is 5.78 Å². The molecule has 0 spiro atoms. The van der Waals surface area contributed by atoms with Crippen LogP contribution in [-0.4, -0.2) is 17.0 Å². The van der Waals surface area contributed by atoms with Crippen molar-refractivity contribution < 1.29 is 9.90 Å². The van der Waals surface area contributed by atoms with Gasteiger partial charge in [-0.15, -0.1) is 0 Å². The fourth-order valence-corrected chi connectivity index (χ4v) is 10.5. The summed E-state index contributed by atoms with van der Waals surface area (Å²) in [6.07, 6.45) is 12.5. The predicted octanol–water partition coefficient (Wildman–Crippen LogP) is 7.35. The van der Waals surface area contributed by atoms with E-state index in [4.69, 9.17) is 0 Å². The number of aliphatic hydroxyl groups is 1. The molecule has 5 aliphatic carbocycles. The maximum absolute atomic E-state index is 12.9. The van der Waals surface area contributed by atoms with Crippen LogP contribution in [0.4, 0.5) is 0 Å². The molecule has 0 aliphatic heterocycles. The molecular weight excluding hydrogens is 392 g/mol. The zero-order valence-corrected chi connectivity index (χ0v) is 22.1. The van der Waals surface area contributed by atoms with Gasteiger partial charge in [0.25, 0.3) is 0 Å². The molecule has 0 amide bonds. The molecule has 180 valence electrons. The van der Waals surface area contributed by atoms with Crippen LogP contribution < -0.4 is 0 Å². The van der Waals surface area contributed by atoms with Crippen molar-refractivity contribution in [2.24, 2.45) is 50.2 Å². The summed E-state index contributed by atoms with van der Waals surface area (Å²) in [6, 6.07) is 0. The first-order valence-electron chi connectivity index (χ1n) is 13.5. The lowest BCUT2D eigenvalue weighted by Crippen LogP contribution is -2.67. The lowest BCUT2D eigenvalue weighted by molar-refractivity contribution is -0.218. The quantitative estimate of drug-likeness (QED) is 0.400. The minimum absolute atomic E-state index is 0.0292. The van der Waals surface area contributed by atoms with Gasteiger partial charge in [0.1, 0.15) is 5.78 Å². The second-order valence-electron chi connectivity index (χ2n) is 15.2. The monoisotopic (exact) mass is 440 g/mol. The van der Waals surface area contributed by atoms with Crippen LogP contribution in [-0.2, 0) is 4.79 Å². The molecule has 0 bridgehead atoms. The molecule has 1 N–H and O–H groups in total. The number of Topliss-reactive ketones (excluding diaryl/α,β-unsaturated/α-hetero) is 1. The first-order chi connectivity index (χ1) is 14.6. The zero-order valence-electron chi connectivity index (χ0n) is 22.1. The molecule has 32 heavy (non-hydrogen) atoms. The third-order valence-corrected chi connectivity index (χ3v) is 12.7. The molecule has 4 saturated carbocycles. The molecule has 2 nitrogen and oxygen atoms in total. The Labute approximate surface area is 197 Å². The van der Waals surface area contributed by atoms with Gasteiger partial charge < -0.3 is 5.11 Å². The first kappa shape index (κ1) is 23.1. The van der Waals surface area contributed by atoms with Crippen molar-refractivity contribution in [3.63, 3.8) is 0 Å². The van der Waals surface area contributed by atoms with Gasteiger partial charge in [-0.05, 0) is 90.3 Å². The normalized spacial score (nSPS) is 53.9. The minimum atomic E-state index is -0.419. The molecule has 8 atom stereocenters. The topological polar surface area (TPSA) is 37.3 Å². The lowest BCUT2D eigenvalue weighted by atomic mass is 9.33. The summed E-state index contributed by atoms with van der Waals surface area (Å²) >= 11 is 0. The summed E-state index contributed by atoms with van der Waals surface area (Å²) in [5, 5.41) is 11.7. The highest BCUT2D eigenvalue weighted by Gasteiger charge is 2.69. The van der Waals surface area contributed by atoms with E-state index in [1.807, 2.05) is 0 Å². The standard InChI is InChI=1S/C30H48O2/c1-25(2)13-14-27(5)15-16-29(7)19(20(27)17-25)9-10-22-28(6)12-11-23(32)26(3,4)24(28)21(31)18-30(22,29)8/h9,20-22,24,31H,10-18H2,1-8H3/t20-,21+,22+,24-,27+,28+,29+,30+/m0/s1. The summed E-state index contributed by atoms with van der Waals surface area (Å²) < 4.78 is 0. The van der Waals surface area contributed by atoms with Crippen molar-refractivity contribution in [3.8, 4) is 0 Å². The van der Waals surface area contributed by atoms with E-state index in [1.165, 1.54) is 32.1 Å². The predicted molar refractivity (Wildman–Crippen MR) is 131 cm³/mol. The number of carbonyl (C=O) groups excluding carboxylic acids is 1. The van der Waals surface area contributed by atoms with E-state index in [-0.39, 0.29) is 28.3 Å². The van der Waals surface area contributed by atoms with Gasteiger partial charge in [0, 0.05) is 17.8 Å². The van der Waals surface area contributed by atoms with Gasteiger partial charge in [0.2, 0.25) is 0 Å². The van der Waals surface area contributed by atoms with Crippen LogP contribution in [0.1, 0.15) is 113 Å². The van der Waals surface area contributed by atoms with E-state index in [9.17, 15) is 9.90 Å². The lowest BCUT2D eigenvalue weighted by Gasteiger charge is -2.71. The smallest absolute Gasteiger partial charge is 0.138 e. The average molecular weight is 441 g/mol. The summed E-state index contributed by atoms with van der Waals surface area (Å²) in [6.45, 7) is 19.3. The number of carbonyl (C=O) groups is 1. The van der Waals surface area contributed by atoms with Crippen molar-refractivity contribution in [3.05, 3.63) is 11.6 Å². The Kier molecular flexibility index (Phi) is 4.71. The van der Waals surface area contributed by atoms with Gasteiger partial charge in [-0.1, -0.05) is 67.0 Å². The van der Waals surface area contributed by atoms with Gasteiger partial charge >= 0.3 is 0 Å². The van der Waals surface area contributed by atoms with Crippen molar-refractivity contribution in [1.82, 2.24) is 0 Å². The Morgan fingerprint density at radius 3 is 2.22 bits per heavy atom. The fourth-order valence-electron chi connectivity index (χ4n) is 10.5. The van der Waals surface area contributed by atoms with E-state index in [0.717, 1.165) is 19.3 Å². The molecule has 4 fully saturated rings. The third-order valence-electron chi connectivity index (χ3n) is 12.7. The molecule has 0 radical (unpaired) electrons. The first-order valence-corrected chi connectivity index (χ1v) is 13.5. The maximum Gasteiger partial charge on any atom is 0.138 e. The Morgan fingerprint density at radius 2 is 1.53 bits per heavy atom. The van der Waals surface area contributed by atoms with E-state index in [2.05, 4.69) is 61.5 Å². The van der Waals surface area contributed by atoms with Crippen LogP contribution in [0.15, 0.2) is 11.6 Å². The highest BCUT2D eigenvalue weighted by atomic mass is 16.3. The van der Waals surface area contributed by atoms with Gasteiger partial charge in [-0.2, -0.15) is 0 Å². The van der Waals surface area contributed by atoms with Gasteiger partial charge in [-0.3, -0.25) is 4.79 Å². The maximum atomic E-state index is 12.9. The van der Waals surface area contributed by atoms with Gasteiger partial charge in [0.05, 0.1) is 6.10 Å². The van der Waals surface area contributed by atoms with Crippen LogP contribution in [0.3, 0.4) is 0 Å². The number of fused-ring (bicyclic) bond motifs is 7. The average Bonchev–Trinajstić information content (AvgIpc) is 2.67. The highest BCUT2D eigenvalue weighted by Crippen LogP contribution is 2.75. The summed E-state index contributed by atoms with van der Waals surface area (Å²) in [7, 11) is 0. The van der Waals surface area contributed by atoms with E-state index >= 15 is 0 Å². The fraction of sp³-hybridized carbons (Fsp3) is 0.900. The van der Waals surface area contributed by atoms with Crippen LogP contribution in [0.2, 0.25) is 0 Å². The summed E-state index contributed by atoms with van der Waals surface area (Å²) in [5.41, 5.74) is 2.49. The Bertz CT molecular complexity index is 866. The van der Waals surface area contributed by atoms with E-state index in [1.54, 1.807) is 5.57 Å². The van der Waals surface area contributed by atoms with E-state index in [0.29, 0.717) is 34.9 Å². The molecule has 2 heteroatoms. The van der Waals surface area contributed by atoms with Crippen molar-refractivity contribution in [2.45, 2.75) is 119 Å². The Hall–Kier alpha value is -0.630. The number of allylic oxidation sites excluding steroid dienone is 2. The second kappa shape index (κ2) is 6.52. The molecule has 5 aliphatic rings. The van der Waals surface area contributed by atoms with Crippen LogP contribution in [0, 0.1) is 50.2 Å². The molecule has 0 unspecified atom stereocenters.